The zero-order chi connectivity index (χ0) is 16.9. The van der Waals surface area contributed by atoms with Crippen molar-refractivity contribution in [1.29, 1.82) is 0 Å². The SMILES string of the molecule is Cc1ccc(/C=C/C(=O)NCc2cccc(N3CCOC3=O)c2)o1. The number of anilines is 1. The number of nitrogens with one attached hydrogen (secondary N) is 1. The number of aryl methyl sites for hydroxylation is 1. The number of carbonyl (C=O) groups excluding carboxylic acids is 2. The second-order valence-corrected chi connectivity index (χ2v) is 5.44. The fourth-order valence-electron chi connectivity index (χ4n) is 2.41. The highest BCUT2D eigenvalue weighted by Crippen LogP contribution is 2.19. The molecular formula is C18H18N2O4. The molecule has 0 aliphatic carbocycles. The van der Waals surface area contributed by atoms with Crippen LogP contribution < -0.4 is 10.2 Å². The van der Waals surface area contributed by atoms with Crippen LogP contribution in [0.15, 0.2) is 46.9 Å². The van der Waals surface area contributed by atoms with E-state index < -0.39 is 0 Å². The van der Waals surface area contributed by atoms with Gasteiger partial charge in [-0.2, -0.15) is 0 Å². The third-order valence-corrected chi connectivity index (χ3v) is 3.61. The van der Waals surface area contributed by atoms with Crippen LogP contribution in [0.5, 0.6) is 0 Å². The average molecular weight is 326 g/mol. The number of carbonyl (C=O) groups is 2. The first-order valence-corrected chi connectivity index (χ1v) is 7.67. The standard InChI is InChI=1S/C18H18N2O4/c1-13-5-6-16(24-13)7-8-17(21)19-12-14-3-2-4-15(11-14)20-9-10-23-18(20)22/h2-8,11H,9-10,12H2,1H3,(H,19,21)/b8-7+. The van der Waals surface area contributed by atoms with E-state index >= 15 is 0 Å². The lowest BCUT2D eigenvalue weighted by molar-refractivity contribution is -0.116. The van der Waals surface area contributed by atoms with Crippen LogP contribution in [0.1, 0.15) is 17.1 Å². The molecule has 0 unspecified atom stereocenters. The summed E-state index contributed by atoms with van der Waals surface area (Å²) in [5.74, 6) is 1.22. The van der Waals surface area contributed by atoms with Gasteiger partial charge in [0.15, 0.2) is 0 Å². The lowest BCUT2D eigenvalue weighted by Gasteiger charge is -2.13. The van der Waals surface area contributed by atoms with Gasteiger partial charge in [-0.25, -0.2) is 4.79 Å². The Morgan fingerprint density at radius 3 is 2.92 bits per heavy atom. The first-order chi connectivity index (χ1) is 11.6. The van der Waals surface area contributed by atoms with E-state index in [1.54, 1.807) is 17.0 Å². The number of hydrogen-bond donors (Lipinski definition) is 1. The predicted octanol–water partition coefficient (Wildman–Crippen LogP) is 2.87. The van der Waals surface area contributed by atoms with Gasteiger partial charge in [-0.05, 0) is 42.8 Å². The molecular weight excluding hydrogens is 308 g/mol. The van der Waals surface area contributed by atoms with E-state index in [-0.39, 0.29) is 12.0 Å². The molecule has 1 aromatic carbocycles. The molecule has 0 bridgehead atoms. The lowest BCUT2D eigenvalue weighted by Crippen LogP contribution is -2.24. The van der Waals surface area contributed by atoms with Crippen molar-refractivity contribution >= 4 is 23.8 Å². The first-order valence-electron chi connectivity index (χ1n) is 7.67. The van der Waals surface area contributed by atoms with Crippen molar-refractivity contribution in [3.05, 3.63) is 59.6 Å². The summed E-state index contributed by atoms with van der Waals surface area (Å²) in [7, 11) is 0. The van der Waals surface area contributed by atoms with Gasteiger partial charge in [-0.1, -0.05) is 12.1 Å². The molecule has 6 nitrogen and oxygen atoms in total. The van der Waals surface area contributed by atoms with E-state index in [0.717, 1.165) is 17.0 Å². The number of nitrogens with zero attached hydrogens (tertiary/aromatic N) is 1. The van der Waals surface area contributed by atoms with Gasteiger partial charge >= 0.3 is 6.09 Å². The monoisotopic (exact) mass is 326 g/mol. The molecule has 1 N–H and O–H groups in total. The Morgan fingerprint density at radius 1 is 1.33 bits per heavy atom. The third-order valence-electron chi connectivity index (χ3n) is 3.61. The Hall–Kier alpha value is -3.02. The summed E-state index contributed by atoms with van der Waals surface area (Å²) in [6, 6.07) is 11.1. The fraction of sp³-hybridized carbons (Fsp3) is 0.222. The summed E-state index contributed by atoms with van der Waals surface area (Å²) in [4.78, 5) is 25.0. The lowest BCUT2D eigenvalue weighted by atomic mass is 10.2. The molecule has 124 valence electrons. The highest BCUT2D eigenvalue weighted by atomic mass is 16.6. The van der Waals surface area contributed by atoms with Gasteiger partial charge in [0, 0.05) is 18.3 Å². The van der Waals surface area contributed by atoms with Crippen molar-refractivity contribution in [2.75, 3.05) is 18.1 Å². The molecule has 1 aliphatic heterocycles. The molecule has 1 aliphatic rings. The summed E-state index contributed by atoms with van der Waals surface area (Å²) in [5.41, 5.74) is 1.67. The maximum atomic E-state index is 11.9. The Balaban J connectivity index is 1.57. The van der Waals surface area contributed by atoms with Crippen LogP contribution >= 0.6 is 0 Å². The molecule has 1 saturated heterocycles. The van der Waals surface area contributed by atoms with Gasteiger partial charge in [0.25, 0.3) is 0 Å². The van der Waals surface area contributed by atoms with E-state index in [1.165, 1.54) is 6.08 Å². The van der Waals surface area contributed by atoms with Gasteiger partial charge in [0.1, 0.15) is 18.1 Å². The summed E-state index contributed by atoms with van der Waals surface area (Å²) in [5, 5.41) is 2.80. The van der Waals surface area contributed by atoms with Crippen LogP contribution in [0, 0.1) is 6.92 Å². The Labute approximate surface area is 139 Å². The number of rotatable bonds is 5. The van der Waals surface area contributed by atoms with Gasteiger partial charge in [0.05, 0.1) is 6.54 Å². The van der Waals surface area contributed by atoms with Crippen LogP contribution in [0.3, 0.4) is 0 Å². The van der Waals surface area contributed by atoms with E-state index in [1.807, 2.05) is 37.3 Å². The number of amides is 2. The van der Waals surface area contributed by atoms with Crippen LogP contribution in [0.25, 0.3) is 6.08 Å². The van der Waals surface area contributed by atoms with Crippen molar-refractivity contribution in [3.8, 4) is 0 Å². The maximum Gasteiger partial charge on any atom is 0.414 e. The van der Waals surface area contributed by atoms with Gasteiger partial charge in [-0.15, -0.1) is 0 Å². The largest absolute Gasteiger partial charge is 0.462 e. The zero-order valence-electron chi connectivity index (χ0n) is 13.3. The van der Waals surface area contributed by atoms with Crippen LogP contribution in [-0.4, -0.2) is 25.2 Å². The molecule has 6 heteroatoms. The quantitative estimate of drug-likeness (QED) is 0.858. The summed E-state index contributed by atoms with van der Waals surface area (Å²) < 4.78 is 10.3. The van der Waals surface area contributed by atoms with Crippen LogP contribution in [0.4, 0.5) is 10.5 Å². The second kappa shape index (κ2) is 7.04. The van der Waals surface area contributed by atoms with Gasteiger partial charge in [-0.3, -0.25) is 9.69 Å². The van der Waals surface area contributed by atoms with E-state index in [4.69, 9.17) is 9.15 Å². The average Bonchev–Trinajstić information content (AvgIpc) is 3.19. The van der Waals surface area contributed by atoms with Crippen molar-refractivity contribution in [2.45, 2.75) is 13.5 Å². The van der Waals surface area contributed by atoms with Gasteiger partial charge in [0.2, 0.25) is 5.91 Å². The smallest absolute Gasteiger partial charge is 0.414 e. The molecule has 0 saturated carbocycles. The molecule has 1 aromatic heterocycles. The Bertz CT molecular complexity index is 779. The highest BCUT2D eigenvalue weighted by Gasteiger charge is 2.23. The van der Waals surface area contributed by atoms with E-state index in [0.29, 0.717) is 25.5 Å². The topological polar surface area (TPSA) is 71.8 Å². The molecule has 24 heavy (non-hydrogen) atoms. The minimum absolute atomic E-state index is 0.213. The van der Waals surface area contributed by atoms with Crippen molar-refractivity contribution in [2.24, 2.45) is 0 Å². The Kier molecular flexibility index (Phi) is 4.65. The van der Waals surface area contributed by atoms with Gasteiger partial charge < -0.3 is 14.5 Å². The number of benzene rings is 1. The van der Waals surface area contributed by atoms with Crippen molar-refractivity contribution in [3.63, 3.8) is 0 Å². The molecule has 2 aromatic rings. The van der Waals surface area contributed by atoms with E-state index in [9.17, 15) is 9.59 Å². The second-order valence-electron chi connectivity index (χ2n) is 5.44. The van der Waals surface area contributed by atoms with Crippen LogP contribution in [0.2, 0.25) is 0 Å². The van der Waals surface area contributed by atoms with Crippen molar-refractivity contribution < 1.29 is 18.7 Å². The highest BCUT2D eigenvalue weighted by molar-refractivity contribution is 5.91. The van der Waals surface area contributed by atoms with Crippen molar-refractivity contribution in [1.82, 2.24) is 5.32 Å². The number of furan rings is 1. The minimum Gasteiger partial charge on any atom is -0.462 e. The predicted molar refractivity (Wildman–Crippen MR) is 89.5 cm³/mol. The Morgan fingerprint density at radius 2 is 2.21 bits per heavy atom. The molecule has 0 atom stereocenters. The van der Waals surface area contributed by atoms with E-state index in [2.05, 4.69) is 5.32 Å². The summed E-state index contributed by atoms with van der Waals surface area (Å²) in [6.45, 7) is 3.16. The molecule has 0 radical (unpaired) electrons. The summed E-state index contributed by atoms with van der Waals surface area (Å²) in [6.07, 6.45) is 2.71. The molecule has 2 amide bonds. The fourth-order valence-corrected chi connectivity index (χ4v) is 2.41. The molecule has 1 fully saturated rings. The normalized spacial score (nSPS) is 14.2. The minimum atomic E-state index is -0.340. The number of cyclic esters (lactones) is 1. The first kappa shape index (κ1) is 15.9. The zero-order valence-corrected chi connectivity index (χ0v) is 13.3. The maximum absolute atomic E-state index is 11.9. The molecule has 2 heterocycles. The molecule has 3 rings (SSSR count). The number of ether oxygens (including phenoxy) is 1. The van der Waals surface area contributed by atoms with Crippen LogP contribution in [-0.2, 0) is 16.1 Å². The third kappa shape index (κ3) is 3.84. The summed E-state index contributed by atoms with van der Waals surface area (Å²) >= 11 is 0. The number of hydrogen-bond acceptors (Lipinski definition) is 4. The molecule has 0 spiro atoms.